The van der Waals surface area contributed by atoms with Crippen LogP contribution in [0.3, 0.4) is 0 Å². The molecule has 2 aromatic carbocycles. The van der Waals surface area contributed by atoms with Crippen LogP contribution in [-0.2, 0) is 10.5 Å². The Bertz CT molecular complexity index is 903. The fourth-order valence-corrected chi connectivity index (χ4v) is 3.81. The monoisotopic (exact) mass is 405 g/mol. The van der Waals surface area contributed by atoms with E-state index in [-0.39, 0.29) is 18.3 Å². The lowest BCUT2D eigenvalue weighted by molar-refractivity contribution is -0.118. The Kier molecular flexibility index (Phi) is 6.61. The number of nitrogens with one attached hydrogen (secondary N) is 1. The molecule has 0 saturated carbocycles. The van der Waals surface area contributed by atoms with Gasteiger partial charge in [-0.25, -0.2) is 4.39 Å². The number of carbonyl (C=O) groups excluding carboxylic acids is 1. The largest absolute Gasteiger partial charge is 0.493 e. The average molecular weight is 405 g/mol. The van der Waals surface area contributed by atoms with Crippen molar-refractivity contribution >= 4 is 34.1 Å². The molecule has 1 heterocycles. The lowest BCUT2D eigenvalue weighted by Gasteiger charge is -2.09. The standard InChI is InChI=1S/C18H16FN3O3S2/c1-24-14-4-2-3-5-15(14)25-10-16(23)20-17-21-22-18(27-17)26-11-12-6-8-13(19)9-7-12/h2-9H,10-11H2,1H3,(H,20,21,23). The highest BCUT2D eigenvalue weighted by Crippen LogP contribution is 2.29. The van der Waals surface area contributed by atoms with Crippen molar-refractivity contribution in [1.29, 1.82) is 0 Å². The van der Waals surface area contributed by atoms with Gasteiger partial charge in [-0.1, -0.05) is 47.4 Å². The molecule has 1 amide bonds. The van der Waals surface area contributed by atoms with Crippen LogP contribution in [0.15, 0.2) is 52.9 Å². The van der Waals surface area contributed by atoms with Gasteiger partial charge in [-0.3, -0.25) is 10.1 Å². The van der Waals surface area contributed by atoms with Crippen molar-refractivity contribution in [3.8, 4) is 11.5 Å². The molecule has 0 aliphatic rings. The summed E-state index contributed by atoms with van der Waals surface area (Å²) in [5.41, 5.74) is 0.979. The first kappa shape index (κ1) is 19.1. The molecule has 1 aromatic heterocycles. The molecule has 0 fully saturated rings. The van der Waals surface area contributed by atoms with E-state index in [4.69, 9.17) is 9.47 Å². The van der Waals surface area contributed by atoms with Crippen molar-refractivity contribution in [3.05, 3.63) is 59.9 Å². The Morgan fingerprint density at radius 2 is 1.89 bits per heavy atom. The highest BCUT2D eigenvalue weighted by Gasteiger charge is 2.11. The second-order valence-electron chi connectivity index (χ2n) is 5.28. The van der Waals surface area contributed by atoms with E-state index in [0.29, 0.717) is 26.7 Å². The van der Waals surface area contributed by atoms with Crippen molar-refractivity contribution in [3.63, 3.8) is 0 Å². The van der Waals surface area contributed by atoms with Crippen LogP contribution >= 0.6 is 23.1 Å². The van der Waals surface area contributed by atoms with E-state index in [1.165, 1.54) is 42.3 Å². The number of anilines is 1. The predicted octanol–water partition coefficient (Wildman–Crippen LogP) is 4.00. The maximum absolute atomic E-state index is 12.9. The summed E-state index contributed by atoms with van der Waals surface area (Å²) in [6, 6.07) is 13.4. The Hall–Kier alpha value is -2.65. The number of hydrogen-bond acceptors (Lipinski definition) is 7. The van der Waals surface area contributed by atoms with Gasteiger partial charge < -0.3 is 9.47 Å². The molecule has 3 rings (SSSR count). The highest BCUT2D eigenvalue weighted by molar-refractivity contribution is 8.00. The number of halogens is 1. The number of amides is 1. The molecule has 6 nitrogen and oxygen atoms in total. The first-order valence-corrected chi connectivity index (χ1v) is 9.70. The first-order valence-electron chi connectivity index (χ1n) is 7.90. The molecule has 0 unspecified atom stereocenters. The zero-order chi connectivity index (χ0) is 19.1. The topological polar surface area (TPSA) is 73.3 Å². The number of hydrogen-bond donors (Lipinski definition) is 1. The summed E-state index contributed by atoms with van der Waals surface area (Å²) in [6.45, 7) is -0.169. The van der Waals surface area contributed by atoms with Crippen molar-refractivity contribution in [2.45, 2.75) is 10.1 Å². The van der Waals surface area contributed by atoms with E-state index in [1.807, 2.05) is 6.07 Å². The first-order chi connectivity index (χ1) is 13.1. The molecule has 0 bridgehead atoms. The molecule has 0 atom stereocenters. The second-order valence-corrected chi connectivity index (χ2v) is 7.48. The molecule has 0 saturated heterocycles. The number of aromatic nitrogens is 2. The van der Waals surface area contributed by atoms with Gasteiger partial charge in [-0.05, 0) is 29.8 Å². The molecule has 140 valence electrons. The third kappa shape index (κ3) is 5.66. The molecule has 9 heteroatoms. The average Bonchev–Trinajstić information content (AvgIpc) is 3.13. The van der Waals surface area contributed by atoms with Crippen LogP contribution in [-0.4, -0.2) is 29.8 Å². The van der Waals surface area contributed by atoms with Crippen molar-refractivity contribution in [2.75, 3.05) is 19.0 Å². The minimum Gasteiger partial charge on any atom is -0.493 e. The second kappa shape index (κ2) is 9.33. The van der Waals surface area contributed by atoms with E-state index >= 15 is 0 Å². The number of benzene rings is 2. The van der Waals surface area contributed by atoms with Gasteiger partial charge in [0.15, 0.2) is 22.4 Å². The van der Waals surface area contributed by atoms with Crippen molar-refractivity contribution in [2.24, 2.45) is 0 Å². The minimum absolute atomic E-state index is 0.169. The van der Waals surface area contributed by atoms with Gasteiger partial charge in [0, 0.05) is 5.75 Å². The molecule has 0 aliphatic carbocycles. The van der Waals surface area contributed by atoms with Crippen molar-refractivity contribution in [1.82, 2.24) is 10.2 Å². The van der Waals surface area contributed by atoms with E-state index < -0.39 is 0 Å². The summed E-state index contributed by atoms with van der Waals surface area (Å²) in [4.78, 5) is 12.0. The smallest absolute Gasteiger partial charge is 0.264 e. The number of rotatable bonds is 8. The lowest BCUT2D eigenvalue weighted by Crippen LogP contribution is -2.20. The summed E-state index contributed by atoms with van der Waals surface area (Å²) >= 11 is 2.73. The van der Waals surface area contributed by atoms with Gasteiger partial charge >= 0.3 is 0 Å². The number of thioether (sulfide) groups is 1. The number of nitrogens with zero attached hydrogens (tertiary/aromatic N) is 2. The quantitative estimate of drug-likeness (QED) is 0.451. The molecule has 27 heavy (non-hydrogen) atoms. The zero-order valence-electron chi connectivity index (χ0n) is 14.3. The van der Waals surface area contributed by atoms with Crippen LogP contribution < -0.4 is 14.8 Å². The maximum Gasteiger partial charge on any atom is 0.264 e. The molecular weight excluding hydrogens is 389 g/mol. The van der Waals surface area contributed by atoms with E-state index in [1.54, 1.807) is 30.3 Å². The fourth-order valence-electron chi connectivity index (χ4n) is 2.08. The molecular formula is C18H16FN3O3S2. The van der Waals surface area contributed by atoms with Crippen LogP contribution in [0.1, 0.15) is 5.56 Å². The molecule has 1 N–H and O–H groups in total. The van der Waals surface area contributed by atoms with Gasteiger partial charge in [0.25, 0.3) is 5.91 Å². The Morgan fingerprint density at radius 3 is 2.63 bits per heavy atom. The predicted molar refractivity (Wildman–Crippen MR) is 103 cm³/mol. The van der Waals surface area contributed by atoms with Crippen LogP contribution in [0, 0.1) is 5.82 Å². The van der Waals surface area contributed by atoms with Gasteiger partial charge in [0.05, 0.1) is 7.11 Å². The van der Waals surface area contributed by atoms with Crippen LogP contribution in [0.5, 0.6) is 11.5 Å². The summed E-state index contributed by atoms with van der Waals surface area (Å²) in [5.74, 6) is 1.08. The fraction of sp³-hybridized carbons (Fsp3) is 0.167. The number of methoxy groups -OCH3 is 1. The Labute approximate surface area is 163 Å². The number of ether oxygens (including phenoxy) is 2. The molecule has 3 aromatic rings. The number of para-hydroxylation sites is 2. The zero-order valence-corrected chi connectivity index (χ0v) is 16.0. The maximum atomic E-state index is 12.9. The van der Waals surface area contributed by atoms with Gasteiger partial charge in [0.2, 0.25) is 5.13 Å². The van der Waals surface area contributed by atoms with Crippen LogP contribution in [0.4, 0.5) is 9.52 Å². The van der Waals surface area contributed by atoms with E-state index in [0.717, 1.165) is 5.56 Å². The minimum atomic E-state index is -0.341. The summed E-state index contributed by atoms with van der Waals surface area (Å²) in [5, 5.41) is 11.0. The molecule has 0 aliphatic heterocycles. The third-order valence-electron chi connectivity index (χ3n) is 3.36. The van der Waals surface area contributed by atoms with E-state index in [9.17, 15) is 9.18 Å². The van der Waals surface area contributed by atoms with Gasteiger partial charge in [0.1, 0.15) is 5.82 Å². The van der Waals surface area contributed by atoms with Crippen LogP contribution in [0.25, 0.3) is 0 Å². The number of carbonyl (C=O) groups is 1. The Balaban J connectivity index is 1.48. The van der Waals surface area contributed by atoms with Gasteiger partial charge in [-0.15, -0.1) is 10.2 Å². The SMILES string of the molecule is COc1ccccc1OCC(=O)Nc1nnc(SCc2ccc(F)cc2)s1. The molecule has 0 radical (unpaired) electrons. The van der Waals surface area contributed by atoms with Crippen LogP contribution in [0.2, 0.25) is 0 Å². The Morgan fingerprint density at radius 1 is 1.15 bits per heavy atom. The summed E-state index contributed by atoms with van der Waals surface area (Å²) < 4.78 is 24.2. The van der Waals surface area contributed by atoms with Crippen molar-refractivity contribution < 1.29 is 18.7 Å². The van der Waals surface area contributed by atoms with E-state index in [2.05, 4.69) is 15.5 Å². The van der Waals surface area contributed by atoms with Gasteiger partial charge in [-0.2, -0.15) is 0 Å². The summed E-state index contributed by atoms with van der Waals surface area (Å²) in [6.07, 6.45) is 0. The summed E-state index contributed by atoms with van der Waals surface area (Å²) in [7, 11) is 1.54. The third-order valence-corrected chi connectivity index (χ3v) is 5.40. The highest BCUT2D eigenvalue weighted by atomic mass is 32.2. The normalized spacial score (nSPS) is 10.4. The molecule has 0 spiro atoms. The lowest BCUT2D eigenvalue weighted by atomic mass is 10.2.